The van der Waals surface area contributed by atoms with Crippen LogP contribution >= 0.6 is 0 Å². The van der Waals surface area contributed by atoms with Crippen LogP contribution in [0, 0.1) is 5.41 Å². The number of carbonyl (C=O) groups excluding carboxylic acids is 1. The number of urea groups is 1. The molecule has 2 amide bonds. The molecule has 2 aliphatic heterocycles. The number of likely N-dealkylation sites (tertiary alicyclic amines) is 1. The Hall–Kier alpha value is -1.30. The minimum Gasteiger partial charge on any atom is -0.479 e. The Morgan fingerprint density at radius 1 is 1.26 bits per heavy atom. The Labute approximate surface area is 113 Å². The molecule has 0 aliphatic carbocycles. The average Bonchev–Trinajstić information content (AvgIpc) is 2.37. The molecule has 0 unspecified atom stereocenters. The third-order valence-corrected chi connectivity index (χ3v) is 3.78. The van der Waals surface area contributed by atoms with Crippen LogP contribution in [0.1, 0.15) is 26.7 Å². The number of carboxylic acids is 1. The number of hydrogen-bond donors (Lipinski definition) is 1. The van der Waals surface area contributed by atoms with Gasteiger partial charge in [0.25, 0.3) is 0 Å². The molecule has 0 radical (unpaired) electrons. The molecule has 0 bridgehead atoms. The predicted molar refractivity (Wildman–Crippen MR) is 68.9 cm³/mol. The van der Waals surface area contributed by atoms with Crippen molar-refractivity contribution in [1.29, 1.82) is 0 Å². The summed E-state index contributed by atoms with van der Waals surface area (Å²) >= 11 is 0. The molecular formula is C13H22N2O4. The van der Waals surface area contributed by atoms with Crippen LogP contribution in [0.4, 0.5) is 4.79 Å². The van der Waals surface area contributed by atoms with Crippen molar-refractivity contribution in [3.8, 4) is 0 Å². The van der Waals surface area contributed by atoms with Crippen molar-refractivity contribution in [3.63, 3.8) is 0 Å². The molecule has 2 fully saturated rings. The van der Waals surface area contributed by atoms with Crippen molar-refractivity contribution >= 4 is 12.0 Å². The van der Waals surface area contributed by atoms with Crippen LogP contribution < -0.4 is 0 Å². The number of amides is 2. The molecule has 0 aromatic rings. The van der Waals surface area contributed by atoms with Gasteiger partial charge < -0.3 is 19.6 Å². The van der Waals surface area contributed by atoms with Crippen LogP contribution in [-0.2, 0) is 9.53 Å². The minimum atomic E-state index is -1.00. The highest BCUT2D eigenvalue weighted by atomic mass is 16.5. The van der Waals surface area contributed by atoms with E-state index in [0.29, 0.717) is 13.2 Å². The Kier molecular flexibility index (Phi) is 3.99. The average molecular weight is 270 g/mol. The maximum Gasteiger partial charge on any atom is 0.334 e. The zero-order valence-corrected chi connectivity index (χ0v) is 11.6. The van der Waals surface area contributed by atoms with E-state index < -0.39 is 12.1 Å². The SMILES string of the molecule is CC1(C)CCCN(C(=O)N2CCO[C@H](C(=O)O)C2)C1. The lowest BCUT2D eigenvalue weighted by Gasteiger charge is -2.41. The van der Waals surface area contributed by atoms with Crippen molar-refractivity contribution in [3.05, 3.63) is 0 Å². The smallest absolute Gasteiger partial charge is 0.334 e. The lowest BCUT2D eigenvalue weighted by Crippen LogP contribution is -2.55. The number of carbonyl (C=O) groups is 2. The fraction of sp³-hybridized carbons (Fsp3) is 0.846. The summed E-state index contributed by atoms with van der Waals surface area (Å²) in [6, 6.07) is -0.0534. The van der Waals surface area contributed by atoms with Crippen molar-refractivity contribution < 1.29 is 19.4 Å². The number of ether oxygens (including phenoxy) is 1. The number of aliphatic carboxylic acids is 1. The maximum atomic E-state index is 12.4. The number of morpholine rings is 1. The Morgan fingerprint density at radius 2 is 2.00 bits per heavy atom. The fourth-order valence-electron chi connectivity index (χ4n) is 2.76. The van der Waals surface area contributed by atoms with Crippen molar-refractivity contribution in [2.45, 2.75) is 32.8 Å². The standard InChI is InChI=1S/C13H22N2O4/c1-13(2)4-3-5-15(9-13)12(18)14-6-7-19-10(8-14)11(16)17/h10H,3-9H2,1-2H3,(H,16,17)/t10-/m0/s1. The van der Waals surface area contributed by atoms with Crippen molar-refractivity contribution in [2.24, 2.45) is 5.41 Å². The summed E-state index contributed by atoms with van der Waals surface area (Å²) in [6.07, 6.45) is 1.24. The summed E-state index contributed by atoms with van der Waals surface area (Å²) in [5.74, 6) is -1.00. The largest absolute Gasteiger partial charge is 0.479 e. The predicted octanol–water partition coefficient (Wildman–Crippen LogP) is 1.01. The van der Waals surface area contributed by atoms with Crippen molar-refractivity contribution in [2.75, 3.05) is 32.8 Å². The highest BCUT2D eigenvalue weighted by Crippen LogP contribution is 2.29. The molecule has 0 aromatic carbocycles. The quantitative estimate of drug-likeness (QED) is 0.772. The van der Waals surface area contributed by atoms with Gasteiger partial charge >= 0.3 is 12.0 Å². The first-order valence-corrected chi connectivity index (χ1v) is 6.77. The minimum absolute atomic E-state index is 0.0534. The number of rotatable bonds is 1. The van der Waals surface area contributed by atoms with Gasteiger partial charge in [-0.1, -0.05) is 13.8 Å². The monoisotopic (exact) mass is 270 g/mol. The van der Waals surface area contributed by atoms with Gasteiger partial charge in [0.15, 0.2) is 6.10 Å². The fourth-order valence-corrected chi connectivity index (χ4v) is 2.76. The molecule has 0 saturated carbocycles. The van der Waals surface area contributed by atoms with E-state index in [2.05, 4.69) is 13.8 Å². The molecule has 2 heterocycles. The van der Waals surface area contributed by atoms with Gasteiger partial charge in [0.05, 0.1) is 13.2 Å². The Bertz CT molecular complexity index is 370. The van der Waals surface area contributed by atoms with Gasteiger partial charge in [-0.15, -0.1) is 0 Å². The van der Waals surface area contributed by atoms with Crippen LogP contribution in [0.15, 0.2) is 0 Å². The lowest BCUT2D eigenvalue weighted by molar-refractivity contribution is -0.154. The molecule has 1 N–H and O–H groups in total. The van der Waals surface area contributed by atoms with E-state index in [0.717, 1.165) is 25.9 Å². The number of piperidine rings is 1. The van der Waals surface area contributed by atoms with E-state index in [1.54, 1.807) is 4.90 Å². The van der Waals surface area contributed by atoms with Gasteiger partial charge in [0, 0.05) is 19.6 Å². The second-order valence-electron chi connectivity index (χ2n) is 6.12. The molecule has 2 rings (SSSR count). The Morgan fingerprint density at radius 3 is 2.63 bits per heavy atom. The summed E-state index contributed by atoms with van der Waals surface area (Å²) in [5.41, 5.74) is 0.145. The first-order chi connectivity index (χ1) is 8.89. The summed E-state index contributed by atoms with van der Waals surface area (Å²) in [5, 5.41) is 8.95. The lowest BCUT2D eigenvalue weighted by atomic mass is 9.84. The number of hydrogen-bond acceptors (Lipinski definition) is 3. The zero-order chi connectivity index (χ0) is 14.0. The molecule has 1 atom stereocenters. The topological polar surface area (TPSA) is 70.1 Å². The van der Waals surface area contributed by atoms with Gasteiger partial charge in [0.1, 0.15) is 0 Å². The zero-order valence-electron chi connectivity index (χ0n) is 11.6. The summed E-state index contributed by atoms with van der Waals surface area (Å²) in [4.78, 5) is 26.8. The van der Waals surface area contributed by atoms with Crippen LogP contribution in [0.2, 0.25) is 0 Å². The molecule has 108 valence electrons. The van der Waals surface area contributed by atoms with E-state index in [1.807, 2.05) is 4.90 Å². The molecule has 2 aliphatic rings. The van der Waals surface area contributed by atoms with Crippen LogP contribution in [0.3, 0.4) is 0 Å². The Balaban J connectivity index is 1.97. The van der Waals surface area contributed by atoms with E-state index in [-0.39, 0.29) is 18.0 Å². The second-order valence-corrected chi connectivity index (χ2v) is 6.12. The normalized spacial score (nSPS) is 27.2. The molecule has 6 nitrogen and oxygen atoms in total. The van der Waals surface area contributed by atoms with Gasteiger partial charge in [-0.25, -0.2) is 9.59 Å². The van der Waals surface area contributed by atoms with E-state index in [9.17, 15) is 9.59 Å². The van der Waals surface area contributed by atoms with Crippen LogP contribution in [0.5, 0.6) is 0 Å². The van der Waals surface area contributed by atoms with Crippen LogP contribution in [-0.4, -0.2) is 65.8 Å². The van der Waals surface area contributed by atoms with Gasteiger partial charge in [-0.05, 0) is 18.3 Å². The molecule has 19 heavy (non-hydrogen) atoms. The third-order valence-electron chi connectivity index (χ3n) is 3.78. The summed E-state index contributed by atoms with van der Waals surface area (Å²) in [6.45, 7) is 6.72. The number of carboxylic acid groups (broad SMARTS) is 1. The number of nitrogens with zero attached hydrogens (tertiary/aromatic N) is 2. The maximum absolute atomic E-state index is 12.4. The van der Waals surface area contributed by atoms with E-state index in [1.165, 1.54) is 0 Å². The van der Waals surface area contributed by atoms with E-state index >= 15 is 0 Å². The summed E-state index contributed by atoms with van der Waals surface area (Å²) in [7, 11) is 0. The molecule has 2 saturated heterocycles. The highest BCUT2D eigenvalue weighted by Gasteiger charge is 2.34. The second kappa shape index (κ2) is 5.36. The summed E-state index contributed by atoms with van der Waals surface area (Å²) < 4.78 is 5.14. The molecule has 6 heteroatoms. The van der Waals surface area contributed by atoms with Crippen LogP contribution in [0.25, 0.3) is 0 Å². The first-order valence-electron chi connectivity index (χ1n) is 6.77. The molecule has 0 spiro atoms. The highest BCUT2D eigenvalue weighted by molar-refractivity contribution is 5.77. The molecular weight excluding hydrogens is 248 g/mol. The van der Waals surface area contributed by atoms with E-state index in [4.69, 9.17) is 9.84 Å². The van der Waals surface area contributed by atoms with Crippen molar-refractivity contribution in [1.82, 2.24) is 9.80 Å². The first kappa shape index (κ1) is 14.1. The van der Waals surface area contributed by atoms with Gasteiger partial charge in [-0.3, -0.25) is 0 Å². The van der Waals surface area contributed by atoms with Gasteiger partial charge in [0.2, 0.25) is 0 Å². The third kappa shape index (κ3) is 3.37. The molecule has 0 aromatic heterocycles. The van der Waals surface area contributed by atoms with Gasteiger partial charge in [-0.2, -0.15) is 0 Å².